The molecule has 0 spiro atoms. The quantitative estimate of drug-likeness (QED) is 0.819. The third kappa shape index (κ3) is 3.66. The Morgan fingerprint density at radius 2 is 2.35 bits per heavy atom. The third-order valence-corrected chi connectivity index (χ3v) is 3.38. The van der Waals surface area contributed by atoms with E-state index in [1.165, 1.54) is 6.07 Å². The molecule has 0 aromatic heterocycles. The Bertz CT molecular complexity index is 346. The van der Waals surface area contributed by atoms with E-state index in [4.69, 9.17) is 16.3 Å². The van der Waals surface area contributed by atoms with Gasteiger partial charge in [-0.3, -0.25) is 0 Å². The van der Waals surface area contributed by atoms with Gasteiger partial charge in [0.2, 0.25) is 0 Å². The SMILES string of the molecule is Fc1cccc(Cl)c1CNCCC1CCCO1. The van der Waals surface area contributed by atoms with Crippen LogP contribution in [0.1, 0.15) is 24.8 Å². The Labute approximate surface area is 106 Å². The maximum absolute atomic E-state index is 13.4. The lowest BCUT2D eigenvalue weighted by molar-refractivity contribution is 0.104. The zero-order valence-corrected chi connectivity index (χ0v) is 10.5. The van der Waals surface area contributed by atoms with Crippen LogP contribution < -0.4 is 5.32 Å². The van der Waals surface area contributed by atoms with Crippen LogP contribution in [0.4, 0.5) is 4.39 Å². The molecule has 4 heteroatoms. The predicted octanol–water partition coefficient (Wildman–Crippen LogP) is 3.14. The Balaban J connectivity index is 1.74. The minimum Gasteiger partial charge on any atom is -0.378 e. The summed E-state index contributed by atoms with van der Waals surface area (Å²) in [5.74, 6) is -0.248. The van der Waals surface area contributed by atoms with E-state index in [1.807, 2.05) is 0 Å². The minimum atomic E-state index is -0.248. The normalized spacial score (nSPS) is 19.8. The molecule has 0 amide bonds. The fourth-order valence-corrected chi connectivity index (χ4v) is 2.28. The van der Waals surface area contributed by atoms with Crippen LogP contribution >= 0.6 is 11.6 Å². The molecular formula is C13H17ClFNO. The number of halogens is 2. The lowest BCUT2D eigenvalue weighted by Crippen LogP contribution is -2.20. The lowest BCUT2D eigenvalue weighted by atomic mass is 10.1. The summed E-state index contributed by atoms with van der Waals surface area (Å²) in [6.45, 7) is 2.18. The van der Waals surface area contributed by atoms with Crippen LogP contribution in [0.5, 0.6) is 0 Å². The molecule has 94 valence electrons. The highest BCUT2D eigenvalue weighted by Gasteiger charge is 2.14. The molecule has 1 saturated heterocycles. The highest BCUT2D eigenvalue weighted by Crippen LogP contribution is 2.19. The summed E-state index contributed by atoms with van der Waals surface area (Å²) in [6, 6.07) is 4.76. The van der Waals surface area contributed by atoms with Crippen molar-refractivity contribution in [1.82, 2.24) is 5.32 Å². The second-order valence-corrected chi connectivity index (χ2v) is 4.71. The van der Waals surface area contributed by atoms with Gasteiger partial charge >= 0.3 is 0 Å². The summed E-state index contributed by atoms with van der Waals surface area (Å²) in [5.41, 5.74) is 0.543. The molecule has 1 N–H and O–H groups in total. The van der Waals surface area contributed by atoms with E-state index in [2.05, 4.69) is 5.32 Å². The fourth-order valence-electron chi connectivity index (χ4n) is 2.05. The molecule has 0 saturated carbocycles. The summed E-state index contributed by atoms with van der Waals surface area (Å²) < 4.78 is 18.9. The second kappa shape index (κ2) is 6.34. The maximum atomic E-state index is 13.4. The van der Waals surface area contributed by atoms with E-state index in [0.29, 0.717) is 23.2 Å². The molecular weight excluding hydrogens is 241 g/mol. The van der Waals surface area contributed by atoms with Crippen molar-refractivity contribution in [1.29, 1.82) is 0 Å². The van der Waals surface area contributed by atoms with Crippen molar-refractivity contribution >= 4 is 11.6 Å². The summed E-state index contributed by atoms with van der Waals surface area (Å²) in [5, 5.41) is 3.69. The number of nitrogens with one attached hydrogen (secondary N) is 1. The molecule has 1 aromatic carbocycles. The maximum Gasteiger partial charge on any atom is 0.129 e. The number of hydrogen-bond acceptors (Lipinski definition) is 2. The van der Waals surface area contributed by atoms with Gasteiger partial charge in [-0.1, -0.05) is 17.7 Å². The molecule has 1 atom stereocenters. The van der Waals surface area contributed by atoms with Gasteiger partial charge in [-0.2, -0.15) is 0 Å². The van der Waals surface area contributed by atoms with E-state index in [0.717, 1.165) is 32.4 Å². The van der Waals surface area contributed by atoms with Gasteiger partial charge in [-0.05, 0) is 37.9 Å². The molecule has 17 heavy (non-hydrogen) atoms. The van der Waals surface area contributed by atoms with E-state index >= 15 is 0 Å². The molecule has 1 aromatic rings. The zero-order chi connectivity index (χ0) is 12.1. The van der Waals surface area contributed by atoms with Crippen molar-refractivity contribution in [3.8, 4) is 0 Å². The molecule has 0 aliphatic carbocycles. The van der Waals surface area contributed by atoms with Gasteiger partial charge < -0.3 is 10.1 Å². The van der Waals surface area contributed by atoms with E-state index in [9.17, 15) is 4.39 Å². The number of benzene rings is 1. The average molecular weight is 258 g/mol. The monoisotopic (exact) mass is 257 g/mol. The van der Waals surface area contributed by atoms with Gasteiger partial charge in [-0.25, -0.2) is 4.39 Å². The number of ether oxygens (including phenoxy) is 1. The first kappa shape index (κ1) is 12.8. The molecule has 0 bridgehead atoms. The molecule has 2 rings (SSSR count). The van der Waals surface area contributed by atoms with Gasteiger partial charge in [0.15, 0.2) is 0 Å². The van der Waals surface area contributed by atoms with E-state index in [-0.39, 0.29) is 5.82 Å². The van der Waals surface area contributed by atoms with Crippen molar-refractivity contribution in [2.75, 3.05) is 13.2 Å². The van der Waals surface area contributed by atoms with Crippen LogP contribution in [0.2, 0.25) is 5.02 Å². The Morgan fingerprint density at radius 1 is 1.47 bits per heavy atom. The van der Waals surface area contributed by atoms with Crippen LogP contribution in [0.15, 0.2) is 18.2 Å². The van der Waals surface area contributed by atoms with Crippen molar-refractivity contribution in [3.05, 3.63) is 34.6 Å². The van der Waals surface area contributed by atoms with Crippen molar-refractivity contribution < 1.29 is 9.13 Å². The lowest BCUT2D eigenvalue weighted by Gasteiger charge is -2.11. The standard InChI is InChI=1S/C13H17ClFNO/c14-12-4-1-5-13(15)11(12)9-16-7-6-10-3-2-8-17-10/h1,4-5,10,16H,2-3,6-9H2. The topological polar surface area (TPSA) is 21.3 Å². The summed E-state index contributed by atoms with van der Waals surface area (Å²) in [4.78, 5) is 0. The van der Waals surface area contributed by atoms with Crippen LogP contribution in [-0.4, -0.2) is 19.3 Å². The van der Waals surface area contributed by atoms with Gasteiger partial charge in [0.1, 0.15) is 5.82 Å². The highest BCUT2D eigenvalue weighted by molar-refractivity contribution is 6.31. The van der Waals surface area contributed by atoms with Gasteiger partial charge in [0.25, 0.3) is 0 Å². The number of hydrogen-bond donors (Lipinski definition) is 1. The number of rotatable bonds is 5. The summed E-state index contributed by atoms with van der Waals surface area (Å²) in [6.07, 6.45) is 3.65. The van der Waals surface area contributed by atoms with Crippen molar-refractivity contribution in [3.63, 3.8) is 0 Å². The predicted molar refractivity (Wildman–Crippen MR) is 66.7 cm³/mol. The van der Waals surface area contributed by atoms with Gasteiger partial charge in [0.05, 0.1) is 6.10 Å². The Morgan fingerprint density at radius 3 is 3.06 bits per heavy atom. The van der Waals surface area contributed by atoms with Crippen LogP contribution in [0.3, 0.4) is 0 Å². The molecule has 1 aliphatic rings. The summed E-state index contributed by atoms with van der Waals surface area (Å²) >= 11 is 5.93. The first-order valence-electron chi connectivity index (χ1n) is 6.02. The van der Waals surface area contributed by atoms with E-state index < -0.39 is 0 Å². The van der Waals surface area contributed by atoms with Crippen LogP contribution in [-0.2, 0) is 11.3 Å². The molecule has 0 radical (unpaired) electrons. The first-order valence-corrected chi connectivity index (χ1v) is 6.40. The summed E-state index contributed by atoms with van der Waals surface area (Å²) in [7, 11) is 0. The van der Waals surface area contributed by atoms with Crippen LogP contribution in [0, 0.1) is 5.82 Å². The van der Waals surface area contributed by atoms with Crippen molar-refractivity contribution in [2.24, 2.45) is 0 Å². The smallest absolute Gasteiger partial charge is 0.129 e. The first-order chi connectivity index (χ1) is 8.27. The van der Waals surface area contributed by atoms with Crippen LogP contribution in [0.25, 0.3) is 0 Å². The highest BCUT2D eigenvalue weighted by atomic mass is 35.5. The van der Waals surface area contributed by atoms with E-state index in [1.54, 1.807) is 12.1 Å². The molecule has 1 fully saturated rings. The fraction of sp³-hybridized carbons (Fsp3) is 0.538. The Kier molecular flexibility index (Phi) is 4.77. The molecule has 1 unspecified atom stereocenters. The molecule has 1 aliphatic heterocycles. The third-order valence-electron chi connectivity index (χ3n) is 3.03. The van der Waals surface area contributed by atoms with Gasteiger partial charge in [0, 0.05) is 23.7 Å². The Hall–Kier alpha value is -0.640. The zero-order valence-electron chi connectivity index (χ0n) is 9.72. The minimum absolute atomic E-state index is 0.248. The largest absolute Gasteiger partial charge is 0.378 e. The average Bonchev–Trinajstić information content (AvgIpc) is 2.80. The molecule has 1 heterocycles. The molecule has 2 nitrogen and oxygen atoms in total. The second-order valence-electron chi connectivity index (χ2n) is 4.30. The van der Waals surface area contributed by atoms with Crippen molar-refractivity contribution in [2.45, 2.75) is 31.9 Å². The van der Waals surface area contributed by atoms with Gasteiger partial charge in [-0.15, -0.1) is 0 Å².